The summed E-state index contributed by atoms with van der Waals surface area (Å²) in [6.45, 7) is 5.96. The third kappa shape index (κ3) is 17.0. The summed E-state index contributed by atoms with van der Waals surface area (Å²) in [7, 11) is 0. The molecule has 0 bridgehead atoms. The molecule has 0 fully saturated rings. The van der Waals surface area contributed by atoms with Gasteiger partial charge in [-0.15, -0.1) is 0 Å². The molecule has 2 heteroatoms. The van der Waals surface area contributed by atoms with Gasteiger partial charge in [0.15, 0.2) is 0 Å². The predicted molar refractivity (Wildman–Crippen MR) is 79.6 cm³/mol. The van der Waals surface area contributed by atoms with Crippen LogP contribution in [-0.4, -0.2) is 40.8 Å². The second-order valence-electron chi connectivity index (χ2n) is 4.91. The van der Waals surface area contributed by atoms with Crippen molar-refractivity contribution in [3.63, 3.8) is 0 Å². The number of aliphatic hydroxyl groups is 1. The predicted octanol–water partition coefficient (Wildman–Crippen LogP) is 4.23. The summed E-state index contributed by atoms with van der Waals surface area (Å²) < 4.78 is 0. The fourth-order valence-electron chi connectivity index (χ4n) is 2.01. The zero-order valence-corrected chi connectivity index (χ0v) is 11.2. The molecular weight excluding hydrogens is 219 g/mol. The molecule has 1 N–H and O–H groups in total. The molecule has 0 aliphatic heterocycles. The van der Waals surface area contributed by atoms with Gasteiger partial charge in [-0.2, -0.15) is 0 Å². The van der Waals surface area contributed by atoms with E-state index in [-0.39, 0.29) is 35.7 Å². The Morgan fingerprint density at radius 3 is 1.65 bits per heavy atom. The van der Waals surface area contributed by atoms with Crippen LogP contribution < -0.4 is 0 Å². The summed E-state index contributed by atoms with van der Waals surface area (Å²) in [6, 6.07) is 0. The molecule has 0 saturated carbocycles. The maximum absolute atomic E-state index is 9.32. The molecule has 99 valence electrons. The van der Waals surface area contributed by atoms with Crippen LogP contribution in [0, 0.1) is 6.92 Å². The second kappa shape index (κ2) is 17.0. The Labute approximate surface area is 131 Å². The Bertz CT molecular complexity index is 128. The van der Waals surface area contributed by atoms with Crippen LogP contribution in [0.2, 0.25) is 0 Å². The molecule has 0 aromatic heterocycles. The van der Waals surface area contributed by atoms with Gasteiger partial charge >= 0.3 is 29.6 Å². The van der Waals surface area contributed by atoms with Crippen molar-refractivity contribution in [2.45, 2.75) is 90.1 Å². The zero-order chi connectivity index (χ0) is 12.1. The van der Waals surface area contributed by atoms with Crippen LogP contribution in [0.25, 0.3) is 0 Å². The summed E-state index contributed by atoms with van der Waals surface area (Å²) >= 11 is 0. The Morgan fingerprint density at radius 1 is 0.824 bits per heavy atom. The first-order valence-electron chi connectivity index (χ1n) is 7.28. The van der Waals surface area contributed by atoms with Gasteiger partial charge in [-0.25, -0.2) is 0 Å². The molecular formula is C15H32NaO. The first-order chi connectivity index (χ1) is 7.81. The van der Waals surface area contributed by atoms with Gasteiger partial charge in [-0.3, -0.25) is 0 Å². The van der Waals surface area contributed by atoms with Gasteiger partial charge in [0.2, 0.25) is 0 Å². The van der Waals surface area contributed by atoms with E-state index in [4.69, 9.17) is 0 Å². The number of aliphatic hydroxyl groups excluding tert-OH is 1. The monoisotopic (exact) mass is 251 g/mol. The Balaban J connectivity index is 0. The van der Waals surface area contributed by atoms with Crippen molar-refractivity contribution >= 4 is 29.6 Å². The van der Waals surface area contributed by atoms with E-state index in [1.807, 2.05) is 0 Å². The first kappa shape index (κ1) is 20.3. The van der Waals surface area contributed by atoms with E-state index in [9.17, 15) is 5.11 Å². The fraction of sp³-hybridized carbons (Fsp3) is 0.933. The standard InChI is InChI=1S/C15H31O.Na.H/c1-3-5-6-7-8-9-10-11-12-13-14-15(16)4-2;;/h15-16H,2-14H2,1H3;;. The molecule has 0 heterocycles. The van der Waals surface area contributed by atoms with Crippen LogP contribution in [0.4, 0.5) is 0 Å². The number of rotatable bonds is 12. The topological polar surface area (TPSA) is 20.2 Å². The van der Waals surface area contributed by atoms with Crippen molar-refractivity contribution in [3.8, 4) is 0 Å². The van der Waals surface area contributed by atoms with Gasteiger partial charge in [0.25, 0.3) is 0 Å². The van der Waals surface area contributed by atoms with Crippen molar-refractivity contribution in [1.82, 2.24) is 0 Å². The number of hydrogen-bond acceptors (Lipinski definition) is 1. The molecule has 0 spiro atoms. The molecule has 1 atom stereocenters. The van der Waals surface area contributed by atoms with Gasteiger partial charge in [-0.05, 0) is 12.8 Å². The minimum atomic E-state index is -0.158. The van der Waals surface area contributed by atoms with Crippen LogP contribution in [-0.2, 0) is 0 Å². The van der Waals surface area contributed by atoms with Crippen molar-refractivity contribution < 1.29 is 5.11 Å². The van der Waals surface area contributed by atoms with E-state index in [1.165, 1.54) is 64.2 Å². The molecule has 0 saturated heterocycles. The van der Waals surface area contributed by atoms with Crippen molar-refractivity contribution in [2.24, 2.45) is 0 Å². The molecule has 0 aliphatic carbocycles. The molecule has 1 radical (unpaired) electrons. The average Bonchev–Trinajstić information content (AvgIpc) is 2.31. The summed E-state index contributed by atoms with van der Waals surface area (Å²) in [5.41, 5.74) is 0. The molecule has 0 aliphatic rings. The molecule has 1 unspecified atom stereocenters. The minimum absolute atomic E-state index is 0. The number of unbranched alkanes of at least 4 members (excludes halogenated alkanes) is 9. The van der Waals surface area contributed by atoms with Crippen LogP contribution in [0.5, 0.6) is 0 Å². The third-order valence-corrected chi connectivity index (χ3v) is 3.22. The van der Waals surface area contributed by atoms with E-state index in [0.717, 1.165) is 6.42 Å². The molecule has 17 heavy (non-hydrogen) atoms. The van der Waals surface area contributed by atoms with E-state index in [1.54, 1.807) is 0 Å². The van der Waals surface area contributed by atoms with Crippen molar-refractivity contribution in [2.75, 3.05) is 0 Å². The van der Waals surface area contributed by atoms with E-state index < -0.39 is 0 Å². The quantitative estimate of drug-likeness (QED) is 0.406. The van der Waals surface area contributed by atoms with Crippen LogP contribution in [0.1, 0.15) is 84.0 Å². The molecule has 0 amide bonds. The summed E-state index contributed by atoms with van der Waals surface area (Å²) in [4.78, 5) is 0. The maximum atomic E-state index is 9.32. The molecule has 0 aromatic rings. The summed E-state index contributed by atoms with van der Waals surface area (Å²) in [6.07, 6.45) is 15.1. The fourth-order valence-corrected chi connectivity index (χ4v) is 2.01. The van der Waals surface area contributed by atoms with E-state index in [2.05, 4.69) is 13.8 Å². The van der Waals surface area contributed by atoms with E-state index in [0.29, 0.717) is 6.42 Å². The van der Waals surface area contributed by atoms with Crippen LogP contribution >= 0.6 is 0 Å². The Morgan fingerprint density at radius 2 is 1.24 bits per heavy atom. The van der Waals surface area contributed by atoms with Crippen molar-refractivity contribution in [1.29, 1.82) is 0 Å². The SMILES string of the molecule is [CH2]CC(O)CCCCCCCCCCCC.[NaH]. The van der Waals surface area contributed by atoms with Crippen LogP contribution in [0.3, 0.4) is 0 Å². The Hall–Kier alpha value is 0.960. The normalized spacial score (nSPS) is 12.2. The van der Waals surface area contributed by atoms with Gasteiger partial charge in [0, 0.05) is 0 Å². The molecule has 1 nitrogen and oxygen atoms in total. The summed E-state index contributed by atoms with van der Waals surface area (Å²) in [5.74, 6) is 0. The Kier molecular flexibility index (Phi) is 20.2. The summed E-state index contributed by atoms with van der Waals surface area (Å²) in [5, 5.41) is 9.32. The van der Waals surface area contributed by atoms with Crippen LogP contribution in [0.15, 0.2) is 0 Å². The van der Waals surface area contributed by atoms with Crippen molar-refractivity contribution in [3.05, 3.63) is 6.92 Å². The average molecular weight is 251 g/mol. The van der Waals surface area contributed by atoms with Gasteiger partial charge < -0.3 is 5.11 Å². The van der Waals surface area contributed by atoms with Gasteiger partial charge in [-0.1, -0.05) is 78.1 Å². The zero-order valence-electron chi connectivity index (χ0n) is 11.2. The van der Waals surface area contributed by atoms with Gasteiger partial charge in [0.05, 0.1) is 6.10 Å². The third-order valence-electron chi connectivity index (χ3n) is 3.22. The van der Waals surface area contributed by atoms with Gasteiger partial charge in [0.1, 0.15) is 0 Å². The first-order valence-corrected chi connectivity index (χ1v) is 7.28. The van der Waals surface area contributed by atoms with E-state index >= 15 is 0 Å². The molecule has 0 aromatic carbocycles. The second-order valence-corrected chi connectivity index (χ2v) is 4.91. The number of hydrogen-bond donors (Lipinski definition) is 1. The molecule has 0 rings (SSSR count).